The highest BCUT2D eigenvalue weighted by Gasteiger charge is 2.57. The summed E-state index contributed by atoms with van der Waals surface area (Å²) in [5.74, 6) is 0.684. The zero-order chi connectivity index (χ0) is 16.6. The molecule has 122 valence electrons. The van der Waals surface area contributed by atoms with Crippen molar-refractivity contribution in [2.24, 2.45) is 11.7 Å². The van der Waals surface area contributed by atoms with Crippen LogP contribution < -0.4 is 10.5 Å². The summed E-state index contributed by atoms with van der Waals surface area (Å²) < 4.78 is 31.0. The molecule has 0 spiro atoms. The zero-order valence-corrected chi connectivity index (χ0v) is 14.1. The number of sulfone groups is 1. The van der Waals surface area contributed by atoms with Crippen LogP contribution in [0, 0.1) is 12.8 Å². The number of rotatable bonds is 5. The first kappa shape index (κ1) is 16.0. The minimum absolute atomic E-state index is 0.0327. The lowest BCUT2D eigenvalue weighted by molar-refractivity contribution is 0.414. The van der Waals surface area contributed by atoms with E-state index in [1.807, 2.05) is 43.3 Å². The fourth-order valence-electron chi connectivity index (χ4n) is 3.19. The predicted molar refractivity (Wildman–Crippen MR) is 90.4 cm³/mol. The molecule has 0 unspecified atom stereocenters. The number of aryl methyl sites for hydroxylation is 1. The highest BCUT2D eigenvalue weighted by molar-refractivity contribution is 7.92. The summed E-state index contributed by atoms with van der Waals surface area (Å²) in [6.45, 7) is 2.31. The summed E-state index contributed by atoms with van der Waals surface area (Å²) in [4.78, 5) is 0.377. The van der Waals surface area contributed by atoms with E-state index in [1.165, 1.54) is 0 Å². The van der Waals surface area contributed by atoms with Gasteiger partial charge in [-0.25, -0.2) is 8.42 Å². The van der Waals surface area contributed by atoms with Crippen LogP contribution in [0.3, 0.4) is 0 Å². The van der Waals surface area contributed by atoms with Crippen LogP contribution in [0.2, 0.25) is 0 Å². The van der Waals surface area contributed by atoms with Gasteiger partial charge in [0.25, 0.3) is 0 Å². The van der Waals surface area contributed by atoms with Crippen LogP contribution in [0.1, 0.15) is 17.0 Å². The molecule has 0 heterocycles. The summed E-state index contributed by atoms with van der Waals surface area (Å²) >= 11 is 0. The second kappa shape index (κ2) is 5.98. The van der Waals surface area contributed by atoms with Gasteiger partial charge >= 0.3 is 0 Å². The van der Waals surface area contributed by atoms with Crippen LogP contribution in [0.25, 0.3) is 0 Å². The molecule has 0 amide bonds. The normalized spacial score (nSPS) is 23.5. The molecule has 23 heavy (non-hydrogen) atoms. The van der Waals surface area contributed by atoms with Crippen molar-refractivity contribution in [2.45, 2.75) is 23.0 Å². The maximum Gasteiger partial charge on any atom is 0.182 e. The molecule has 1 fully saturated rings. The van der Waals surface area contributed by atoms with Crippen LogP contribution >= 0.6 is 0 Å². The summed E-state index contributed by atoms with van der Waals surface area (Å²) in [5, 5.41) is -0.441. The van der Waals surface area contributed by atoms with Gasteiger partial charge in [-0.2, -0.15) is 0 Å². The van der Waals surface area contributed by atoms with E-state index < -0.39 is 15.1 Å². The van der Waals surface area contributed by atoms with Crippen molar-refractivity contribution in [1.29, 1.82) is 0 Å². The molecule has 3 rings (SSSR count). The summed E-state index contributed by atoms with van der Waals surface area (Å²) in [6, 6.07) is 14.6. The Bertz CT molecular complexity index is 782. The maximum absolute atomic E-state index is 12.9. The smallest absolute Gasteiger partial charge is 0.182 e. The number of hydrogen-bond donors (Lipinski definition) is 1. The number of nitrogens with two attached hydrogens (primary N) is 1. The van der Waals surface area contributed by atoms with Gasteiger partial charge in [-0.1, -0.05) is 29.8 Å². The van der Waals surface area contributed by atoms with Crippen molar-refractivity contribution < 1.29 is 13.2 Å². The van der Waals surface area contributed by atoms with Gasteiger partial charge in [0.05, 0.1) is 17.3 Å². The fourth-order valence-corrected chi connectivity index (χ4v) is 5.42. The molecule has 1 aliphatic carbocycles. The average Bonchev–Trinajstić information content (AvgIpc) is 3.31. The molecular formula is C18H21NO3S. The van der Waals surface area contributed by atoms with Crippen LogP contribution in [0.5, 0.6) is 5.75 Å². The lowest BCUT2D eigenvalue weighted by atomic mass is 10.1. The second-order valence-corrected chi connectivity index (χ2v) is 8.13. The lowest BCUT2D eigenvalue weighted by Crippen LogP contribution is -2.13. The highest BCUT2D eigenvalue weighted by Crippen LogP contribution is 2.53. The van der Waals surface area contributed by atoms with Crippen molar-refractivity contribution in [3.63, 3.8) is 0 Å². The average molecular weight is 331 g/mol. The van der Waals surface area contributed by atoms with Crippen molar-refractivity contribution in [1.82, 2.24) is 0 Å². The number of hydrogen-bond acceptors (Lipinski definition) is 4. The zero-order valence-electron chi connectivity index (χ0n) is 13.3. The Labute approximate surface area is 137 Å². The van der Waals surface area contributed by atoms with Crippen molar-refractivity contribution in [3.8, 4) is 5.75 Å². The molecule has 0 aromatic heterocycles. The second-order valence-electron chi connectivity index (χ2n) is 6.02. The van der Waals surface area contributed by atoms with E-state index in [0.29, 0.717) is 11.4 Å². The molecule has 0 saturated heterocycles. The van der Waals surface area contributed by atoms with E-state index in [9.17, 15) is 8.42 Å². The Morgan fingerprint density at radius 1 is 1.04 bits per heavy atom. The molecule has 3 atom stereocenters. The van der Waals surface area contributed by atoms with Crippen LogP contribution in [0.15, 0.2) is 53.4 Å². The van der Waals surface area contributed by atoms with E-state index in [2.05, 4.69) is 0 Å². The topological polar surface area (TPSA) is 69.4 Å². The SMILES string of the molecule is COc1ccc([C@@H]2[C@H](CN)[C@@H]2S(=O)(=O)c2ccc(C)cc2)cc1. The summed E-state index contributed by atoms with van der Waals surface area (Å²) in [5.41, 5.74) is 7.86. The Kier molecular flexibility index (Phi) is 4.17. The molecule has 1 saturated carbocycles. The van der Waals surface area contributed by atoms with Gasteiger partial charge in [-0.05, 0) is 49.2 Å². The number of benzene rings is 2. The molecule has 0 bridgehead atoms. The van der Waals surface area contributed by atoms with Crippen LogP contribution in [-0.4, -0.2) is 27.3 Å². The Hall–Kier alpha value is -1.85. The van der Waals surface area contributed by atoms with Gasteiger partial charge in [-0.15, -0.1) is 0 Å². The van der Waals surface area contributed by atoms with E-state index in [4.69, 9.17) is 10.5 Å². The predicted octanol–water partition coefficient (Wildman–Crippen LogP) is 2.52. The minimum Gasteiger partial charge on any atom is -0.497 e. The third kappa shape index (κ3) is 2.86. The van der Waals surface area contributed by atoms with E-state index >= 15 is 0 Å². The van der Waals surface area contributed by atoms with E-state index in [0.717, 1.165) is 16.9 Å². The Balaban J connectivity index is 1.90. The standard InChI is InChI=1S/C18H21NO3S/c1-12-3-9-15(10-4-12)23(20,21)18-16(11-19)17(18)13-5-7-14(22-2)8-6-13/h3-10,16-18H,11,19H2,1-2H3/t16-,17+,18-/m0/s1. The Morgan fingerprint density at radius 2 is 1.65 bits per heavy atom. The third-order valence-electron chi connectivity index (χ3n) is 4.58. The monoisotopic (exact) mass is 331 g/mol. The number of methoxy groups -OCH3 is 1. The van der Waals surface area contributed by atoms with Crippen molar-refractivity contribution in [2.75, 3.05) is 13.7 Å². The maximum atomic E-state index is 12.9. The first-order valence-corrected chi connectivity index (χ1v) is 9.18. The molecule has 1 aliphatic rings. The highest BCUT2D eigenvalue weighted by atomic mass is 32.2. The molecule has 2 N–H and O–H groups in total. The molecule has 0 radical (unpaired) electrons. The largest absolute Gasteiger partial charge is 0.497 e. The van der Waals surface area contributed by atoms with Crippen LogP contribution in [0.4, 0.5) is 0 Å². The van der Waals surface area contributed by atoms with E-state index in [1.54, 1.807) is 19.2 Å². The fraction of sp³-hybridized carbons (Fsp3) is 0.333. The van der Waals surface area contributed by atoms with Gasteiger partial charge in [0, 0.05) is 5.92 Å². The number of ether oxygens (including phenoxy) is 1. The molecule has 4 nitrogen and oxygen atoms in total. The molecule has 2 aromatic rings. The first-order valence-electron chi connectivity index (χ1n) is 7.63. The molecule has 5 heteroatoms. The minimum atomic E-state index is -3.37. The quantitative estimate of drug-likeness (QED) is 0.914. The molecule has 2 aromatic carbocycles. The molecule has 0 aliphatic heterocycles. The lowest BCUT2D eigenvalue weighted by Gasteiger charge is -2.05. The summed E-state index contributed by atoms with van der Waals surface area (Å²) in [6.07, 6.45) is 0. The van der Waals surface area contributed by atoms with E-state index in [-0.39, 0.29) is 11.8 Å². The van der Waals surface area contributed by atoms with Gasteiger partial charge in [0.2, 0.25) is 0 Å². The van der Waals surface area contributed by atoms with Crippen molar-refractivity contribution >= 4 is 9.84 Å². The third-order valence-corrected chi connectivity index (χ3v) is 6.87. The van der Waals surface area contributed by atoms with Gasteiger partial charge < -0.3 is 10.5 Å². The van der Waals surface area contributed by atoms with Crippen molar-refractivity contribution in [3.05, 3.63) is 59.7 Å². The summed E-state index contributed by atoms with van der Waals surface area (Å²) in [7, 11) is -1.76. The Morgan fingerprint density at radius 3 is 2.17 bits per heavy atom. The van der Waals surface area contributed by atoms with Gasteiger partial charge in [0.15, 0.2) is 9.84 Å². The van der Waals surface area contributed by atoms with Gasteiger partial charge in [0.1, 0.15) is 5.75 Å². The molecular weight excluding hydrogens is 310 g/mol. The first-order chi connectivity index (χ1) is 11.0. The van der Waals surface area contributed by atoms with Crippen LogP contribution in [-0.2, 0) is 9.84 Å². The van der Waals surface area contributed by atoms with Gasteiger partial charge in [-0.3, -0.25) is 0 Å².